The van der Waals surface area contributed by atoms with E-state index in [1.54, 1.807) is 0 Å². The minimum absolute atomic E-state index is 0.116. The molecule has 1 aliphatic heterocycles. The third-order valence-corrected chi connectivity index (χ3v) is 2.46. The van der Waals surface area contributed by atoms with Crippen molar-refractivity contribution >= 4 is 28.5 Å². The number of carbonyl (C=O) groups is 1. The molecule has 0 aromatic heterocycles. The van der Waals surface area contributed by atoms with Crippen molar-refractivity contribution in [3.05, 3.63) is 0 Å². The highest BCUT2D eigenvalue weighted by atomic mass is 127. The van der Waals surface area contributed by atoms with Crippen molar-refractivity contribution in [3.63, 3.8) is 0 Å². The van der Waals surface area contributed by atoms with Crippen molar-refractivity contribution in [2.45, 2.75) is 19.4 Å². The number of morpholine rings is 1. The van der Waals surface area contributed by atoms with E-state index in [-0.39, 0.29) is 5.91 Å². The summed E-state index contributed by atoms with van der Waals surface area (Å²) in [4.78, 5) is 13.5. The Kier molecular flexibility index (Phi) is 3.34. The summed E-state index contributed by atoms with van der Waals surface area (Å²) in [6.07, 6.45) is 0. The molecule has 0 N–H and O–H groups in total. The van der Waals surface area contributed by atoms with Crippen LogP contribution in [-0.2, 0) is 9.53 Å². The molecule has 0 saturated carbocycles. The molecule has 1 rings (SSSR count). The average Bonchev–Trinajstić information content (AvgIpc) is 1.99. The monoisotopic (exact) mass is 283 g/mol. The van der Waals surface area contributed by atoms with Crippen LogP contribution in [0.25, 0.3) is 0 Å². The standard InChI is InChI=1S/C8H14INO2/c1-8(2)7(11)10(4-3-9)5-6-12-8/h3-6H2,1-2H3. The zero-order valence-electron chi connectivity index (χ0n) is 7.47. The van der Waals surface area contributed by atoms with Crippen LogP contribution in [0, 0.1) is 0 Å². The fraction of sp³-hybridized carbons (Fsp3) is 0.875. The highest BCUT2D eigenvalue weighted by Gasteiger charge is 2.36. The molecule has 3 nitrogen and oxygen atoms in total. The summed E-state index contributed by atoms with van der Waals surface area (Å²) in [6.45, 7) is 5.90. The molecule has 1 saturated heterocycles. The van der Waals surface area contributed by atoms with Crippen LogP contribution in [0.2, 0.25) is 0 Å². The summed E-state index contributed by atoms with van der Waals surface area (Å²) >= 11 is 2.28. The second kappa shape index (κ2) is 3.91. The van der Waals surface area contributed by atoms with E-state index in [0.717, 1.165) is 17.5 Å². The summed E-state index contributed by atoms with van der Waals surface area (Å²) in [5.41, 5.74) is -0.607. The first kappa shape index (κ1) is 10.2. The van der Waals surface area contributed by atoms with Gasteiger partial charge in [0.15, 0.2) is 0 Å². The van der Waals surface area contributed by atoms with Crippen LogP contribution < -0.4 is 0 Å². The van der Waals surface area contributed by atoms with Gasteiger partial charge >= 0.3 is 0 Å². The van der Waals surface area contributed by atoms with Gasteiger partial charge in [-0.2, -0.15) is 0 Å². The highest BCUT2D eigenvalue weighted by molar-refractivity contribution is 14.1. The van der Waals surface area contributed by atoms with E-state index in [1.165, 1.54) is 0 Å². The van der Waals surface area contributed by atoms with Gasteiger partial charge in [0.1, 0.15) is 5.60 Å². The summed E-state index contributed by atoms with van der Waals surface area (Å²) in [6, 6.07) is 0. The van der Waals surface area contributed by atoms with E-state index in [9.17, 15) is 4.79 Å². The molecule has 0 radical (unpaired) electrons. The summed E-state index contributed by atoms with van der Waals surface area (Å²) in [7, 11) is 0. The van der Waals surface area contributed by atoms with Crippen LogP contribution in [-0.4, -0.2) is 40.5 Å². The van der Waals surface area contributed by atoms with Crippen molar-refractivity contribution in [3.8, 4) is 0 Å². The number of alkyl halides is 1. The maximum atomic E-state index is 11.6. The summed E-state index contributed by atoms with van der Waals surface area (Å²) in [5.74, 6) is 0.116. The molecule has 1 fully saturated rings. The largest absolute Gasteiger partial charge is 0.364 e. The van der Waals surface area contributed by atoms with Crippen LogP contribution in [0.15, 0.2) is 0 Å². The Morgan fingerprint density at radius 1 is 1.67 bits per heavy atom. The van der Waals surface area contributed by atoms with E-state index in [2.05, 4.69) is 22.6 Å². The number of rotatable bonds is 2. The van der Waals surface area contributed by atoms with Crippen molar-refractivity contribution in [1.82, 2.24) is 4.90 Å². The minimum Gasteiger partial charge on any atom is -0.364 e. The van der Waals surface area contributed by atoms with Crippen LogP contribution in [0.4, 0.5) is 0 Å². The Labute approximate surface area is 86.6 Å². The van der Waals surface area contributed by atoms with Gasteiger partial charge in [-0.25, -0.2) is 0 Å². The van der Waals surface area contributed by atoms with Crippen LogP contribution >= 0.6 is 22.6 Å². The Hall–Kier alpha value is 0.160. The maximum absolute atomic E-state index is 11.6. The molecule has 12 heavy (non-hydrogen) atoms. The lowest BCUT2D eigenvalue weighted by Crippen LogP contribution is -2.53. The molecular formula is C8H14INO2. The second-order valence-corrected chi connectivity index (χ2v) is 4.42. The maximum Gasteiger partial charge on any atom is 0.254 e. The van der Waals surface area contributed by atoms with Gasteiger partial charge in [-0.05, 0) is 13.8 Å². The Balaban J connectivity index is 2.60. The number of ether oxygens (including phenoxy) is 1. The predicted octanol–water partition coefficient (Wildman–Crippen LogP) is 1.06. The average molecular weight is 283 g/mol. The molecule has 4 heteroatoms. The van der Waals surface area contributed by atoms with Crippen molar-refractivity contribution in [2.24, 2.45) is 0 Å². The van der Waals surface area contributed by atoms with Crippen LogP contribution in [0.5, 0.6) is 0 Å². The number of halogens is 1. The van der Waals surface area contributed by atoms with Crippen LogP contribution in [0.1, 0.15) is 13.8 Å². The molecule has 0 unspecified atom stereocenters. The van der Waals surface area contributed by atoms with Crippen molar-refractivity contribution in [2.75, 3.05) is 24.1 Å². The van der Waals surface area contributed by atoms with Crippen LogP contribution in [0.3, 0.4) is 0 Å². The molecule has 70 valence electrons. The molecule has 0 aromatic rings. The molecule has 0 aromatic carbocycles. The zero-order valence-corrected chi connectivity index (χ0v) is 9.63. The van der Waals surface area contributed by atoms with E-state index in [0.29, 0.717) is 6.61 Å². The Morgan fingerprint density at radius 2 is 2.33 bits per heavy atom. The van der Waals surface area contributed by atoms with Gasteiger partial charge in [-0.15, -0.1) is 0 Å². The normalized spacial score (nSPS) is 22.9. The van der Waals surface area contributed by atoms with Gasteiger partial charge < -0.3 is 9.64 Å². The molecular weight excluding hydrogens is 269 g/mol. The molecule has 1 aliphatic rings. The van der Waals surface area contributed by atoms with E-state index in [1.807, 2.05) is 18.7 Å². The van der Waals surface area contributed by atoms with Gasteiger partial charge in [0, 0.05) is 17.5 Å². The molecule has 1 heterocycles. The number of carbonyl (C=O) groups excluding carboxylic acids is 1. The SMILES string of the molecule is CC1(C)OCCN(CCI)C1=O. The Morgan fingerprint density at radius 3 is 2.92 bits per heavy atom. The molecule has 0 aliphatic carbocycles. The number of nitrogens with zero attached hydrogens (tertiary/aromatic N) is 1. The van der Waals surface area contributed by atoms with E-state index in [4.69, 9.17) is 4.74 Å². The van der Waals surface area contributed by atoms with E-state index < -0.39 is 5.60 Å². The predicted molar refractivity (Wildman–Crippen MR) is 55.5 cm³/mol. The first-order chi connectivity index (χ1) is 5.58. The quantitative estimate of drug-likeness (QED) is 0.560. The number of hydrogen-bond acceptors (Lipinski definition) is 2. The number of amides is 1. The van der Waals surface area contributed by atoms with Gasteiger partial charge in [0.25, 0.3) is 5.91 Å². The fourth-order valence-electron chi connectivity index (χ4n) is 1.27. The first-order valence-corrected chi connectivity index (χ1v) is 5.60. The van der Waals surface area contributed by atoms with Gasteiger partial charge in [0.05, 0.1) is 6.61 Å². The topological polar surface area (TPSA) is 29.5 Å². The van der Waals surface area contributed by atoms with E-state index >= 15 is 0 Å². The third kappa shape index (κ3) is 2.10. The smallest absolute Gasteiger partial charge is 0.254 e. The second-order valence-electron chi connectivity index (χ2n) is 3.34. The van der Waals surface area contributed by atoms with Gasteiger partial charge in [-0.3, -0.25) is 4.79 Å². The van der Waals surface area contributed by atoms with Crippen molar-refractivity contribution < 1.29 is 9.53 Å². The number of hydrogen-bond donors (Lipinski definition) is 0. The summed E-state index contributed by atoms with van der Waals surface area (Å²) < 4.78 is 6.35. The molecule has 1 amide bonds. The molecule has 0 bridgehead atoms. The lowest BCUT2D eigenvalue weighted by Gasteiger charge is -2.36. The minimum atomic E-state index is -0.607. The lowest BCUT2D eigenvalue weighted by molar-refractivity contribution is -0.165. The highest BCUT2D eigenvalue weighted by Crippen LogP contribution is 2.17. The summed E-state index contributed by atoms with van der Waals surface area (Å²) in [5, 5.41) is 0. The zero-order chi connectivity index (χ0) is 9.19. The first-order valence-electron chi connectivity index (χ1n) is 4.07. The van der Waals surface area contributed by atoms with Gasteiger partial charge in [0.2, 0.25) is 0 Å². The molecule has 0 spiro atoms. The fourth-order valence-corrected chi connectivity index (χ4v) is 1.85. The lowest BCUT2D eigenvalue weighted by atomic mass is 10.1. The Bertz CT molecular complexity index is 180. The molecule has 0 atom stereocenters. The third-order valence-electron chi connectivity index (χ3n) is 1.98. The van der Waals surface area contributed by atoms with Gasteiger partial charge in [-0.1, -0.05) is 22.6 Å². The van der Waals surface area contributed by atoms with Crippen molar-refractivity contribution in [1.29, 1.82) is 0 Å².